The van der Waals surface area contributed by atoms with Crippen molar-refractivity contribution in [2.75, 3.05) is 27.2 Å². The molecule has 0 atom stereocenters. The molecule has 0 heterocycles. The van der Waals surface area contributed by atoms with Crippen LogP contribution in [0.15, 0.2) is 0 Å². The Balaban J connectivity index is 0. The molecule has 0 saturated heterocycles. The molecule has 0 spiro atoms. The van der Waals surface area contributed by atoms with Gasteiger partial charge in [-0.15, -0.1) is 0 Å². The Morgan fingerprint density at radius 1 is 0.567 bits per heavy atom. The molecule has 0 aromatic carbocycles. The number of unbranched alkanes of at least 4 members (excludes halogenated alkanes) is 16. The predicted molar refractivity (Wildman–Crippen MR) is 129 cm³/mol. The summed E-state index contributed by atoms with van der Waals surface area (Å²) in [6.45, 7) is 7.36. The van der Waals surface area contributed by atoms with Crippen LogP contribution in [0.3, 0.4) is 0 Å². The van der Waals surface area contributed by atoms with E-state index in [9.17, 15) is 0 Å². The molecule has 0 unspecified atom stereocenters. The molecule has 1 N–H and O–H groups in total. The van der Waals surface area contributed by atoms with Gasteiger partial charge in [0.05, 0.1) is 27.2 Å². The van der Waals surface area contributed by atoms with E-state index in [0.717, 1.165) is 0 Å². The third-order valence-electron chi connectivity index (χ3n) is 5.73. The normalized spacial score (nSPS) is 11.9. The lowest BCUT2D eigenvalue weighted by molar-refractivity contribution is -0.890. The molecule has 0 aliphatic carbocycles. The topological polar surface area (TPSA) is 77.4 Å². The van der Waals surface area contributed by atoms with Gasteiger partial charge < -0.3 is 9.04 Å². The molecular weight excluding hydrogens is 398 g/mol. The van der Waals surface area contributed by atoms with Gasteiger partial charge in [-0.3, -0.25) is 4.55 Å². The lowest BCUT2D eigenvalue weighted by Gasteiger charge is -2.30. The Kier molecular flexibility index (Phi) is 23.5. The van der Waals surface area contributed by atoms with E-state index in [0.29, 0.717) is 0 Å². The molecular formula is C24H53NO4S. The monoisotopic (exact) mass is 451 g/mol. The van der Waals surface area contributed by atoms with Crippen LogP contribution in [0, 0.1) is 0 Å². The number of rotatable bonds is 20. The van der Waals surface area contributed by atoms with Crippen LogP contribution in [0.4, 0.5) is 0 Å². The van der Waals surface area contributed by atoms with Crippen molar-refractivity contribution >= 4 is 10.4 Å². The third-order valence-corrected chi connectivity index (χ3v) is 5.73. The van der Waals surface area contributed by atoms with Crippen LogP contribution in [0.5, 0.6) is 0 Å². The molecule has 30 heavy (non-hydrogen) atoms. The second-order valence-electron chi connectivity index (χ2n) is 9.47. The van der Waals surface area contributed by atoms with Crippen molar-refractivity contribution in [2.24, 2.45) is 0 Å². The summed E-state index contributed by atoms with van der Waals surface area (Å²) < 4.78 is 34.1. The molecule has 0 aliphatic rings. The SMILES string of the molecule is CCCCCCCCCCCC[N+](C)(C)CCCCCCCCCC.O=S(=O)([O-])O. The zero-order chi connectivity index (χ0) is 23.1. The third kappa shape index (κ3) is 35.3. The zero-order valence-corrected chi connectivity index (χ0v) is 21.5. The molecule has 6 heteroatoms. The smallest absolute Gasteiger partial charge is 0.215 e. The number of quaternary nitrogens is 1. The van der Waals surface area contributed by atoms with Gasteiger partial charge in [0.1, 0.15) is 0 Å². The first kappa shape index (κ1) is 32.0. The molecule has 0 aromatic heterocycles. The van der Waals surface area contributed by atoms with Gasteiger partial charge in [-0.05, 0) is 25.7 Å². The summed E-state index contributed by atoms with van der Waals surface area (Å²) in [6, 6.07) is 0. The van der Waals surface area contributed by atoms with E-state index in [-0.39, 0.29) is 0 Å². The fourth-order valence-corrected chi connectivity index (χ4v) is 3.81. The Morgan fingerprint density at radius 3 is 1.00 bits per heavy atom. The van der Waals surface area contributed by atoms with Gasteiger partial charge in [-0.1, -0.05) is 104 Å². The van der Waals surface area contributed by atoms with Crippen molar-refractivity contribution in [3.8, 4) is 0 Å². The van der Waals surface area contributed by atoms with Crippen LogP contribution in [-0.2, 0) is 10.4 Å². The van der Waals surface area contributed by atoms with Gasteiger partial charge in [0, 0.05) is 0 Å². The summed E-state index contributed by atoms with van der Waals surface area (Å²) in [4.78, 5) is 0. The summed E-state index contributed by atoms with van der Waals surface area (Å²) >= 11 is 0. The average Bonchev–Trinajstić information content (AvgIpc) is 2.64. The summed E-state index contributed by atoms with van der Waals surface area (Å²) in [5.74, 6) is 0. The molecule has 184 valence electrons. The Hall–Kier alpha value is -0.170. The largest absolute Gasteiger partial charge is 0.726 e. The first-order valence-electron chi connectivity index (χ1n) is 12.6. The molecule has 0 rings (SSSR count). The molecule has 0 radical (unpaired) electrons. The van der Waals surface area contributed by atoms with Gasteiger partial charge in [0.15, 0.2) is 0 Å². The standard InChI is InChI=1S/C24H52N.H2O4S/c1-5-7-9-11-13-15-16-18-20-22-24-25(3,4)23-21-19-17-14-12-10-8-6-2;1-5(2,3)4/h5-24H2,1-4H3;(H2,1,2,3,4)/q+1;/p-1. The first-order chi connectivity index (χ1) is 14.1. The number of hydrogen-bond acceptors (Lipinski definition) is 3. The minimum Gasteiger partial charge on any atom is -0.726 e. The van der Waals surface area contributed by atoms with Crippen LogP contribution in [0.25, 0.3) is 0 Å². The van der Waals surface area contributed by atoms with Crippen LogP contribution in [-0.4, -0.2) is 49.2 Å². The van der Waals surface area contributed by atoms with Crippen LogP contribution >= 0.6 is 0 Å². The Labute approximate surface area is 189 Å². The second-order valence-corrected chi connectivity index (χ2v) is 10.3. The average molecular weight is 452 g/mol. The second kappa shape index (κ2) is 22.0. The van der Waals surface area contributed by atoms with Crippen molar-refractivity contribution in [3.05, 3.63) is 0 Å². The first-order valence-corrected chi connectivity index (χ1v) is 14.0. The summed E-state index contributed by atoms with van der Waals surface area (Å²) in [6.07, 6.45) is 26.0. The zero-order valence-electron chi connectivity index (χ0n) is 20.7. The Morgan fingerprint density at radius 2 is 0.767 bits per heavy atom. The van der Waals surface area contributed by atoms with Gasteiger partial charge in [-0.2, -0.15) is 0 Å². The summed E-state index contributed by atoms with van der Waals surface area (Å²) in [5.41, 5.74) is 0. The lowest BCUT2D eigenvalue weighted by Crippen LogP contribution is -2.41. The van der Waals surface area contributed by atoms with Crippen molar-refractivity contribution in [1.82, 2.24) is 0 Å². The van der Waals surface area contributed by atoms with Gasteiger partial charge in [-0.25, -0.2) is 8.42 Å². The minimum atomic E-state index is -4.92. The molecule has 5 nitrogen and oxygen atoms in total. The van der Waals surface area contributed by atoms with E-state index >= 15 is 0 Å². The fourth-order valence-electron chi connectivity index (χ4n) is 3.81. The quantitative estimate of drug-likeness (QED) is 0.0924. The van der Waals surface area contributed by atoms with E-state index in [1.54, 1.807) is 0 Å². The van der Waals surface area contributed by atoms with E-state index in [4.69, 9.17) is 17.5 Å². The van der Waals surface area contributed by atoms with E-state index in [1.165, 1.54) is 133 Å². The summed E-state index contributed by atoms with van der Waals surface area (Å²) in [5, 5.41) is 0. The molecule has 0 saturated carbocycles. The molecule has 0 fully saturated rings. The van der Waals surface area contributed by atoms with Crippen molar-refractivity contribution in [1.29, 1.82) is 0 Å². The molecule has 0 bridgehead atoms. The minimum absolute atomic E-state index is 1.24. The van der Waals surface area contributed by atoms with Gasteiger partial charge in [0.2, 0.25) is 10.4 Å². The highest BCUT2D eigenvalue weighted by molar-refractivity contribution is 7.79. The van der Waals surface area contributed by atoms with Crippen molar-refractivity contribution in [3.63, 3.8) is 0 Å². The van der Waals surface area contributed by atoms with Gasteiger partial charge >= 0.3 is 0 Å². The molecule has 0 amide bonds. The Bertz CT molecular complexity index is 430. The van der Waals surface area contributed by atoms with Crippen LogP contribution in [0.2, 0.25) is 0 Å². The highest BCUT2D eigenvalue weighted by Gasteiger charge is 2.13. The van der Waals surface area contributed by atoms with Crippen molar-refractivity contribution < 1.29 is 22.0 Å². The van der Waals surface area contributed by atoms with E-state index in [2.05, 4.69) is 27.9 Å². The lowest BCUT2D eigenvalue weighted by atomic mass is 10.1. The van der Waals surface area contributed by atoms with Crippen molar-refractivity contribution in [2.45, 2.75) is 129 Å². The summed E-state index contributed by atoms with van der Waals surface area (Å²) in [7, 11) is -0.0377. The van der Waals surface area contributed by atoms with Gasteiger partial charge in [0.25, 0.3) is 0 Å². The highest BCUT2D eigenvalue weighted by Crippen LogP contribution is 2.13. The van der Waals surface area contributed by atoms with Crippen LogP contribution in [0.1, 0.15) is 129 Å². The van der Waals surface area contributed by atoms with E-state index in [1.807, 2.05) is 0 Å². The predicted octanol–water partition coefficient (Wildman–Crippen LogP) is 7.13. The fraction of sp³-hybridized carbons (Fsp3) is 1.00. The number of hydrogen-bond donors (Lipinski definition) is 1. The maximum Gasteiger partial charge on any atom is 0.215 e. The molecule has 0 aliphatic heterocycles. The maximum absolute atomic E-state index is 8.63. The number of nitrogens with zero attached hydrogens (tertiary/aromatic N) is 1. The van der Waals surface area contributed by atoms with E-state index < -0.39 is 10.4 Å². The van der Waals surface area contributed by atoms with Crippen LogP contribution < -0.4 is 0 Å². The maximum atomic E-state index is 8.63. The highest BCUT2D eigenvalue weighted by atomic mass is 32.3. The molecule has 0 aromatic rings.